The number of likely N-dealkylation sites (tertiary alicyclic amines) is 1. The molecule has 3 aromatic rings. The van der Waals surface area contributed by atoms with Gasteiger partial charge in [-0.1, -0.05) is 6.07 Å². The first-order valence-corrected chi connectivity index (χ1v) is 12.0. The quantitative estimate of drug-likeness (QED) is 0.550. The maximum atomic E-state index is 13.5. The summed E-state index contributed by atoms with van der Waals surface area (Å²) in [6.07, 6.45) is -2.82. The summed E-state index contributed by atoms with van der Waals surface area (Å²) < 4.78 is 74.1. The highest BCUT2D eigenvalue weighted by atomic mass is 32.2. The van der Waals surface area contributed by atoms with Gasteiger partial charge in [0.15, 0.2) is 0 Å². The van der Waals surface area contributed by atoms with Crippen molar-refractivity contribution < 1.29 is 26.3 Å². The van der Waals surface area contributed by atoms with Gasteiger partial charge in [0.2, 0.25) is 0 Å². The van der Waals surface area contributed by atoms with E-state index in [0.717, 1.165) is 36.1 Å². The standard InChI is InChI=1S/C21H20F3N3O3S2/c1-27-11-9-15(13-27)30-18-12-14(5-6-16(18)21(22,23)24)26-32(28,29)20-8-7-19(31-20)17-4-2-3-10-25-17/h2-8,10,12,15,26H,9,11,13H2,1H3/t15-/m1/s1. The van der Waals surface area contributed by atoms with Crippen molar-refractivity contribution in [1.82, 2.24) is 9.88 Å². The number of aromatic nitrogens is 1. The Hall–Kier alpha value is -2.63. The van der Waals surface area contributed by atoms with Gasteiger partial charge in [-0.05, 0) is 49.9 Å². The fourth-order valence-electron chi connectivity index (χ4n) is 3.40. The summed E-state index contributed by atoms with van der Waals surface area (Å²) in [6.45, 7) is 1.22. The average Bonchev–Trinajstić information content (AvgIpc) is 3.37. The summed E-state index contributed by atoms with van der Waals surface area (Å²) in [5.41, 5.74) is -0.318. The number of thiophene rings is 1. The predicted octanol–water partition coefficient (Wildman–Crippen LogP) is 4.71. The summed E-state index contributed by atoms with van der Waals surface area (Å²) in [4.78, 5) is 6.81. The molecule has 2 aromatic heterocycles. The number of ether oxygens (including phenoxy) is 1. The highest BCUT2D eigenvalue weighted by molar-refractivity contribution is 7.94. The van der Waals surface area contributed by atoms with Crippen LogP contribution in [0, 0.1) is 0 Å². The number of nitrogens with zero attached hydrogens (tertiary/aromatic N) is 2. The highest BCUT2D eigenvalue weighted by Crippen LogP contribution is 2.39. The molecular weight excluding hydrogens is 463 g/mol. The molecule has 0 radical (unpaired) electrons. The summed E-state index contributed by atoms with van der Waals surface area (Å²) in [6, 6.07) is 11.4. The van der Waals surface area contributed by atoms with E-state index in [1.165, 1.54) is 6.07 Å². The zero-order chi connectivity index (χ0) is 22.9. The molecule has 0 aliphatic carbocycles. The topological polar surface area (TPSA) is 71.5 Å². The van der Waals surface area contributed by atoms with E-state index in [1.807, 2.05) is 11.9 Å². The highest BCUT2D eigenvalue weighted by Gasteiger charge is 2.36. The number of rotatable bonds is 6. The Labute approximate surface area is 187 Å². The Kier molecular flexibility index (Phi) is 6.15. The van der Waals surface area contributed by atoms with E-state index in [1.54, 1.807) is 30.5 Å². The lowest BCUT2D eigenvalue weighted by Crippen LogP contribution is -2.23. The van der Waals surface area contributed by atoms with E-state index in [9.17, 15) is 21.6 Å². The molecule has 0 saturated carbocycles. The van der Waals surface area contributed by atoms with Crippen molar-refractivity contribution in [2.45, 2.75) is 22.9 Å². The zero-order valence-electron chi connectivity index (χ0n) is 17.0. The van der Waals surface area contributed by atoms with Crippen molar-refractivity contribution in [3.8, 4) is 16.3 Å². The summed E-state index contributed by atoms with van der Waals surface area (Å²) in [5.74, 6) is -0.390. The van der Waals surface area contributed by atoms with Gasteiger partial charge in [-0.2, -0.15) is 13.2 Å². The van der Waals surface area contributed by atoms with Crippen LogP contribution in [0.4, 0.5) is 18.9 Å². The number of anilines is 1. The summed E-state index contributed by atoms with van der Waals surface area (Å²) in [5, 5.41) is 0. The number of benzene rings is 1. The van der Waals surface area contributed by atoms with Gasteiger partial charge in [0.05, 0.1) is 21.8 Å². The van der Waals surface area contributed by atoms with E-state index in [2.05, 4.69) is 9.71 Å². The Morgan fingerprint density at radius 3 is 2.66 bits per heavy atom. The van der Waals surface area contributed by atoms with Gasteiger partial charge in [0.1, 0.15) is 16.1 Å². The van der Waals surface area contributed by atoms with E-state index in [0.29, 0.717) is 23.5 Å². The van der Waals surface area contributed by atoms with E-state index in [4.69, 9.17) is 4.74 Å². The van der Waals surface area contributed by atoms with Crippen LogP contribution in [0.1, 0.15) is 12.0 Å². The fraction of sp³-hybridized carbons (Fsp3) is 0.286. The van der Waals surface area contributed by atoms with Crippen molar-refractivity contribution in [1.29, 1.82) is 0 Å². The van der Waals surface area contributed by atoms with Gasteiger partial charge in [-0.3, -0.25) is 9.71 Å². The van der Waals surface area contributed by atoms with Gasteiger partial charge < -0.3 is 9.64 Å². The van der Waals surface area contributed by atoms with Crippen LogP contribution in [0.5, 0.6) is 5.75 Å². The minimum absolute atomic E-state index is 0.00728. The number of hydrogen-bond donors (Lipinski definition) is 1. The Morgan fingerprint density at radius 1 is 1.19 bits per heavy atom. The molecule has 170 valence electrons. The van der Waals surface area contributed by atoms with Crippen LogP contribution in [0.3, 0.4) is 0 Å². The van der Waals surface area contributed by atoms with Gasteiger partial charge in [0.25, 0.3) is 10.0 Å². The second-order valence-corrected chi connectivity index (χ2v) is 10.4. The minimum Gasteiger partial charge on any atom is -0.488 e. The van der Waals surface area contributed by atoms with Crippen molar-refractivity contribution in [3.63, 3.8) is 0 Å². The third kappa shape index (κ3) is 5.05. The van der Waals surface area contributed by atoms with Crippen LogP contribution in [0.15, 0.2) is 58.9 Å². The second-order valence-electron chi connectivity index (χ2n) is 7.44. The Morgan fingerprint density at radius 2 is 2.00 bits per heavy atom. The SMILES string of the molecule is CN1CC[C@@H](Oc2cc(NS(=O)(=O)c3ccc(-c4ccccn4)s3)ccc2C(F)(F)F)C1. The van der Waals surface area contributed by atoms with Crippen LogP contribution in [-0.2, 0) is 16.2 Å². The monoisotopic (exact) mass is 483 g/mol. The van der Waals surface area contributed by atoms with Gasteiger partial charge in [0, 0.05) is 25.4 Å². The van der Waals surface area contributed by atoms with Crippen molar-refractivity contribution >= 4 is 27.0 Å². The first-order valence-electron chi connectivity index (χ1n) is 9.72. The number of pyridine rings is 1. The molecule has 1 atom stereocenters. The van der Waals surface area contributed by atoms with Crippen LogP contribution >= 0.6 is 11.3 Å². The Bertz CT molecular complexity index is 1200. The third-order valence-electron chi connectivity index (χ3n) is 4.94. The van der Waals surface area contributed by atoms with E-state index in [-0.39, 0.29) is 9.90 Å². The summed E-state index contributed by atoms with van der Waals surface area (Å²) in [7, 11) is -2.15. The molecule has 1 aromatic carbocycles. The third-order valence-corrected chi connectivity index (χ3v) is 7.93. The molecule has 4 rings (SSSR count). The zero-order valence-corrected chi connectivity index (χ0v) is 18.6. The number of likely N-dealkylation sites (N-methyl/N-ethyl adjacent to an activating group) is 1. The molecule has 32 heavy (non-hydrogen) atoms. The first-order chi connectivity index (χ1) is 15.1. The lowest BCUT2D eigenvalue weighted by Gasteiger charge is -2.19. The first kappa shape index (κ1) is 22.6. The molecule has 0 spiro atoms. The van der Waals surface area contributed by atoms with E-state index >= 15 is 0 Å². The van der Waals surface area contributed by atoms with Gasteiger partial charge in [-0.25, -0.2) is 8.42 Å². The normalized spacial score (nSPS) is 17.4. The average molecular weight is 484 g/mol. The molecule has 1 aliphatic rings. The Balaban J connectivity index is 1.59. The molecule has 0 unspecified atom stereocenters. The van der Waals surface area contributed by atoms with Crippen LogP contribution in [-0.4, -0.2) is 44.5 Å². The maximum absolute atomic E-state index is 13.5. The predicted molar refractivity (Wildman–Crippen MR) is 116 cm³/mol. The second kappa shape index (κ2) is 8.72. The molecule has 1 fully saturated rings. The molecule has 3 heterocycles. The van der Waals surface area contributed by atoms with E-state index < -0.39 is 33.6 Å². The number of alkyl halides is 3. The van der Waals surface area contributed by atoms with Gasteiger partial charge >= 0.3 is 6.18 Å². The van der Waals surface area contributed by atoms with Crippen LogP contribution in [0.2, 0.25) is 0 Å². The molecule has 1 saturated heterocycles. The van der Waals surface area contributed by atoms with Crippen molar-refractivity contribution in [2.75, 3.05) is 24.9 Å². The lowest BCUT2D eigenvalue weighted by molar-refractivity contribution is -0.139. The number of hydrogen-bond acceptors (Lipinski definition) is 6. The fourth-order valence-corrected chi connectivity index (χ4v) is 5.74. The molecule has 1 N–H and O–H groups in total. The summed E-state index contributed by atoms with van der Waals surface area (Å²) >= 11 is 1.02. The van der Waals surface area contributed by atoms with Crippen molar-refractivity contribution in [3.05, 3.63) is 60.3 Å². The smallest absolute Gasteiger partial charge is 0.419 e. The lowest BCUT2D eigenvalue weighted by atomic mass is 10.1. The molecule has 1 aliphatic heterocycles. The number of nitrogens with one attached hydrogen (secondary N) is 1. The van der Waals surface area contributed by atoms with Crippen LogP contribution < -0.4 is 9.46 Å². The molecular formula is C21H20F3N3O3S2. The van der Waals surface area contributed by atoms with Gasteiger partial charge in [-0.15, -0.1) is 11.3 Å². The number of sulfonamides is 1. The molecule has 0 amide bonds. The van der Waals surface area contributed by atoms with Crippen molar-refractivity contribution in [2.24, 2.45) is 0 Å². The largest absolute Gasteiger partial charge is 0.488 e. The molecule has 0 bridgehead atoms. The molecule has 6 nitrogen and oxygen atoms in total. The molecule has 11 heteroatoms. The maximum Gasteiger partial charge on any atom is 0.419 e. The number of halogens is 3. The van der Waals surface area contributed by atoms with Crippen LogP contribution in [0.25, 0.3) is 10.6 Å². The minimum atomic E-state index is -4.62.